The molecule has 1 amide bonds. The van der Waals surface area contributed by atoms with Crippen molar-refractivity contribution in [1.29, 1.82) is 0 Å². The number of nitrogens with zero attached hydrogens (tertiary/aromatic N) is 2. The van der Waals surface area contributed by atoms with Crippen LogP contribution in [0.4, 0.5) is 5.69 Å². The molecule has 0 spiro atoms. The summed E-state index contributed by atoms with van der Waals surface area (Å²) in [7, 11) is 0. The summed E-state index contributed by atoms with van der Waals surface area (Å²) in [6.07, 6.45) is 4.94. The van der Waals surface area contributed by atoms with Gasteiger partial charge in [-0.3, -0.25) is 9.78 Å². The molecule has 3 aromatic rings. The number of pyridine rings is 1. The minimum absolute atomic E-state index is 0.201. The Hall–Kier alpha value is -3.21. The normalized spacial score (nSPS) is 12.2. The molecule has 1 heterocycles. The average Bonchev–Trinajstić information content (AvgIpc) is 2.63. The van der Waals surface area contributed by atoms with Crippen LogP contribution < -0.4 is 10.7 Å². The molecule has 1 atom stereocenters. The fourth-order valence-corrected chi connectivity index (χ4v) is 2.37. The van der Waals surface area contributed by atoms with E-state index < -0.39 is 6.04 Å². The Morgan fingerprint density at radius 3 is 2.67 bits per heavy atom. The molecule has 2 aromatic carbocycles. The van der Waals surface area contributed by atoms with Crippen LogP contribution in [0.1, 0.15) is 12.5 Å². The topological polar surface area (TPSA) is 66.4 Å². The Labute approximate surface area is 140 Å². The molecular formula is C19H18N4O. The van der Waals surface area contributed by atoms with Crippen LogP contribution in [0.5, 0.6) is 0 Å². The van der Waals surface area contributed by atoms with Gasteiger partial charge in [0.15, 0.2) is 0 Å². The van der Waals surface area contributed by atoms with Crippen molar-refractivity contribution in [1.82, 2.24) is 10.4 Å². The third kappa shape index (κ3) is 3.76. The average molecular weight is 318 g/mol. The van der Waals surface area contributed by atoms with Crippen molar-refractivity contribution >= 4 is 28.6 Å². The Balaban J connectivity index is 1.64. The van der Waals surface area contributed by atoms with Crippen molar-refractivity contribution in [3.05, 3.63) is 72.6 Å². The standard InChI is InChI=1S/C19H18N4O/c1-14(19(24)23-21-13-15-9-11-20-12-10-15)22-18-8-4-6-16-5-2-3-7-17(16)18/h2-14,22H,1H3,(H,23,24)/b21-13-/t14-/m1/s1. The van der Waals surface area contributed by atoms with Gasteiger partial charge < -0.3 is 5.32 Å². The Bertz CT molecular complexity index is 856. The minimum Gasteiger partial charge on any atom is -0.373 e. The van der Waals surface area contributed by atoms with Crippen LogP contribution in [0.25, 0.3) is 10.8 Å². The number of benzene rings is 2. The van der Waals surface area contributed by atoms with E-state index in [1.54, 1.807) is 25.5 Å². The Morgan fingerprint density at radius 2 is 1.83 bits per heavy atom. The molecule has 2 N–H and O–H groups in total. The largest absolute Gasteiger partial charge is 0.373 e. The third-order valence-electron chi connectivity index (χ3n) is 3.65. The zero-order chi connectivity index (χ0) is 16.8. The van der Waals surface area contributed by atoms with Gasteiger partial charge in [-0.05, 0) is 36.1 Å². The van der Waals surface area contributed by atoms with Gasteiger partial charge in [-0.2, -0.15) is 5.10 Å². The van der Waals surface area contributed by atoms with Gasteiger partial charge in [-0.1, -0.05) is 36.4 Å². The maximum Gasteiger partial charge on any atom is 0.262 e. The highest BCUT2D eigenvalue weighted by atomic mass is 16.2. The van der Waals surface area contributed by atoms with Gasteiger partial charge in [0.05, 0.1) is 6.21 Å². The van der Waals surface area contributed by atoms with Gasteiger partial charge in [0.25, 0.3) is 5.91 Å². The predicted molar refractivity (Wildman–Crippen MR) is 97.0 cm³/mol. The second-order valence-electron chi connectivity index (χ2n) is 5.41. The quantitative estimate of drug-likeness (QED) is 0.561. The molecule has 120 valence electrons. The van der Waals surface area contributed by atoms with Crippen LogP contribution in [-0.2, 0) is 4.79 Å². The fraction of sp³-hybridized carbons (Fsp3) is 0.105. The first-order valence-electron chi connectivity index (χ1n) is 7.71. The molecule has 0 aliphatic rings. The van der Waals surface area contributed by atoms with E-state index in [4.69, 9.17) is 0 Å². The number of hydrazone groups is 1. The van der Waals surface area contributed by atoms with Crippen molar-refractivity contribution in [2.75, 3.05) is 5.32 Å². The van der Waals surface area contributed by atoms with E-state index in [9.17, 15) is 4.79 Å². The molecule has 0 saturated carbocycles. The van der Waals surface area contributed by atoms with E-state index in [1.165, 1.54) is 0 Å². The summed E-state index contributed by atoms with van der Waals surface area (Å²) in [5, 5.41) is 9.43. The van der Waals surface area contributed by atoms with Crippen molar-refractivity contribution in [2.45, 2.75) is 13.0 Å². The summed E-state index contributed by atoms with van der Waals surface area (Å²) in [5.74, 6) is -0.201. The predicted octanol–water partition coefficient (Wildman–Crippen LogP) is 3.19. The summed E-state index contributed by atoms with van der Waals surface area (Å²) in [4.78, 5) is 16.1. The number of nitrogens with one attached hydrogen (secondary N) is 2. The molecule has 0 fully saturated rings. The lowest BCUT2D eigenvalue weighted by Gasteiger charge is -2.15. The van der Waals surface area contributed by atoms with Gasteiger partial charge in [-0.25, -0.2) is 5.43 Å². The maximum atomic E-state index is 12.2. The van der Waals surface area contributed by atoms with Crippen molar-refractivity contribution in [3.63, 3.8) is 0 Å². The van der Waals surface area contributed by atoms with Crippen molar-refractivity contribution < 1.29 is 4.79 Å². The Morgan fingerprint density at radius 1 is 1.08 bits per heavy atom. The molecule has 1 aromatic heterocycles. The van der Waals surface area contributed by atoms with E-state index in [0.29, 0.717) is 0 Å². The van der Waals surface area contributed by atoms with Crippen molar-refractivity contribution in [3.8, 4) is 0 Å². The summed E-state index contributed by atoms with van der Waals surface area (Å²) in [6, 6.07) is 17.3. The summed E-state index contributed by atoms with van der Waals surface area (Å²) >= 11 is 0. The van der Waals surface area contributed by atoms with Crippen LogP contribution in [0, 0.1) is 0 Å². The SMILES string of the molecule is C[C@@H](Nc1cccc2ccccc12)C(=O)N/N=C\c1ccncc1. The van der Waals surface area contributed by atoms with Gasteiger partial charge in [0, 0.05) is 23.5 Å². The lowest BCUT2D eigenvalue weighted by molar-refractivity contribution is -0.121. The molecule has 0 saturated heterocycles. The molecule has 0 radical (unpaired) electrons. The summed E-state index contributed by atoms with van der Waals surface area (Å²) in [5.41, 5.74) is 4.35. The lowest BCUT2D eigenvalue weighted by atomic mass is 10.1. The maximum absolute atomic E-state index is 12.2. The molecule has 0 aliphatic carbocycles. The molecule has 5 heteroatoms. The zero-order valence-corrected chi connectivity index (χ0v) is 13.3. The number of carbonyl (C=O) groups excluding carboxylic acids is 1. The smallest absolute Gasteiger partial charge is 0.262 e. The first kappa shape index (κ1) is 15.7. The molecule has 3 rings (SSSR count). The van der Waals surface area contributed by atoms with E-state index >= 15 is 0 Å². The molecule has 0 bridgehead atoms. The second kappa shape index (κ2) is 7.37. The van der Waals surface area contributed by atoms with Gasteiger partial charge in [0.1, 0.15) is 6.04 Å². The van der Waals surface area contributed by atoms with Crippen LogP contribution in [0.2, 0.25) is 0 Å². The number of anilines is 1. The van der Waals surface area contributed by atoms with Crippen molar-refractivity contribution in [2.24, 2.45) is 5.10 Å². The number of amides is 1. The monoisotopic (exact) mass is 318 g/mol. The van der Waals surface area contributed by atoms with Crippen LogP contribution in [0.15, 0.2) is 72.1 Å². The molecule has 0 aliphatic heterocycles. The van der Waals surface area contributed by atoms with E-state index in [2.05, 4.69) is 20.8 Å². The van der Waals surface area contributed by atoms with Crippen LogP contribution in [-0.4, -0.2) is 23.1 Å². The summed E-state index contributed by atoms with van der Waals surface area (Å²) in [6.45, 7) is 1.80. The molecule has 24 heavy (non-hydrogen) atoms. The number of fused-ring (bicyclic) bond motifs is 1. The number of carbonyl (C=O) groups is 1. The molecular weight excluding hydrogens is 300 g/mol. The van der Waals surface area contributed by atoms with Gasteiger partial charge in [0.2, 0.25) is 0 Å². The second-order valence-corrected chi connectivity index (χ2v) is 5.41. The molecule has 5 nitrogen and oxygen atoms in total. The highest BCUT2D eigenvalue weighted by Crippen LogP contribution is 2.23. The van der Waals surface area contributed by atoms with Crippen LogP contribution in [0.3, 0.4) is 0 Å². The molecule has 0 unspecified atom stereocenters. The highest BCUT2D eigenvalue weighted by molar-refractivity contribution is 5.96. The third-order valence-corrected chi connectivity index (χ3v) is 3.65. The summed E-state index contributed by atoms with van der Waals surface area (Å²) < 4.78 is 0. The minimum atomic E-state index is -0.412. The lowest BCUT2D eigenvalue weighted by Crippen LogP contribution is -2.34. The van der Waals surface area contributed by atoms with Gasteiger partial charge in [-0.15, -0.1) is 0 Å². The zero-order valence-electron chi connectivity index (χ0n) is 13.3. The van der Waals surface area contributed by atoms with Crippen LogP contribution >= 0.6 is 0 Å². The van der Waals surface area contributed by atoms with E-state index in [-0.39, 0.29) is 5.91 Å². The van der Waals surface area contributed by atoms with E-state index in [0.717, 1.165) is 22.0 Å². The first-order valence-corrected chi connectivity index (χ1v) is 7.71. The highest BCUT2D eigenvalue weighted by Gasteiger charge is 2.12. The van der Waals surface area contributed by atoms with E-state index in [1.807, 2.05) is 54.6 Å². The fourth-order valence-electron chi connectivity index (χ4n) is 2.37. The number of hydrogen-bond acceptors (Lipinski definition) is 4. The number of hydrogen-bond donors (Lipinski definition) is 2. The number of aromatic nitrogens is 1. The number of rotatable bonds is 5. The Kier molecular flexibility index (Phi) is 4.81. The van der Waals surface area contributed by atoms with Gasteiger partial charge >= 0.3 is 0 Å². The first-order chi connectivity index (χ1) is 11.7.